The van der Waals surface area contributed by atoms with Crippen LogP contribution in [-0.4, -0.2) is 32.7 Å². The summed E-state index contributed by atoms with van der Waals surface area (Å²) >= 11 is 0. The molecule has 1 aliphatic rings. The molecule has 1 saturated heterocycles. The molecule has 2 aromatic rings. The van der Waals surface area contributed by atoms with Crippen LogP contribution in [0.5, 0.6) is 5.75 Å². The van der Waals surface area contributed by atoms with Crippen LogP contribution in [0.25, 0.3) is 0 Å². The van der Waals surface area contributed by atoms with Gasteiger partial charge in [0.25, 0.3) is 5.91 Å². The van der Waals surface area contributed by atoms with Crippen molar-refractivity contribution in [3.05, 3.63) is 54.1 Å². The number of hydrogen-bond donors (Lipinski definition) is 2. The maximum atomic E-state index is 12.2. The molecule has 2 aromatic carbocycles. The fraction of sp³-hybridized carbons (Fsp3) is 0.316. The monoisotopic (exact) mass is 397 g/mol. The second-order valence-corrected chi connectivity index (χ2v) is 6.11. The summed E-state index contributed by atoms with van der Waals surface area (Å²) in [6, 6.07) is 15.1. The number of amides is 1. The molecule has 1 amide bonds. The molecule has 1 atom stereocenters. The van der Waals surface area contributed by atoms with Crippen molar-refractivity contribution in [2.45, 2.75) is 6.42 Å². The van der Waals surface area contributed by atoms with E-state index in [-0.39, 0.29) is 30.7 Å². The van der Waals surface area contributed by atoms with Crippen molar-refractivity contribution in [1.82, 2.24) is 5.32 Å². The zero-order valence-electron chi connectivity index (χ0n) is 14.7. The first-order valence-corrected chi connectivity index (χ1v) is 8.19. The number of para-hydroxylation sites is 2. The van der Waals surface area contributed by atoms with Crippen molar-refractivity contribution >= 4 is 42.1 Å². The number of hydrogen-bond acceptors (Lipinski definition) is 4. The molecule has 0 saturated carbocycles. The van der Waals surface area contributed by atoms with Crippen LogP contribution in [-0.2, 0) is 0 Å². The number of halogens is 2. The van der Waals surface area contributed by atoms with Crippen molar-refractivity contribution in [3.8, 4) is 5.75 Å². The van der Waals surface area contributed by atoms with E-state index < -0.39 is 0 Å². The Kier molecular flexibility index (Phi) is 8.55. The highest BCUT2D eigenvalue weighted by molar-refractivity contribution is 5.95. The van der Waals surface area contributed by atoms with Gasteiger partial charge in [0.05, 0.1) is 12.8 Å². The number of benzene rings is 2. The van der Waals surface area contributed by atoms with E-state index >= 15 is 0 Å². The lowest BCUT2D eigenvalue weighted by molar-refractivity contribution is 0.0948. The Morgan fingerprint density at radius 2 is 2.00 bits per heavy atom. The number of nitrogens with two attached hydrogens (primary N) is 1. The van der Waals surface area contributed by atoms with Crippen LogP contribution < -0.4 is 20.7 Å². The minimum absolute atomic E-state index is 0. The van der Waals surface area contributed by atoms with Gasteiger partial charge in [-0.05, 0) is 42.7 Å². The van der Waals surface area contributed by atoms with Gasteiger partial charge in [-0.1, -0.05) is 18.2 Å². The SMILES string of the molecule is COc1ccccc1N1CCC(CNC(=O)c2cccc(N)c2)C1.Cl.Cl. The third-order valence-corrected chi connectivity index (χ3v) is 4.41. The molecule has 3 N–H and O–H groups in total. The molecule has 1 fully saturated rings. The highest BCUT2D eigenvalue weighted by atomic mass is 35.5. The van der Waals surface area contributed by atoms with Crippen LogP contribution >= 0.6 is 24.8 Å². The third-order valence-electron chi connectivity index (χ3n) is 4.41. The predicted molar refractivity (Wildman–Crippen MR) is 111 cm³/mol. The molecule has 1 unspecified atom stereocenters. The summed E-state index contributed by atoms with van der Waals surface area (Å²) in [5.74, 6) is 1.25. The Hall–Kier alpha value is -2.11. The van der Waals surface area contributed by atoms with Crippen molar-refractivity contribution < 1.29 is 9.53 Å². The third kappa shape index (κ3) is 5.19. The van der Waals surface area contributed by atoms with Crippen molar-refractivity contribution in [2.75, 3.05) is 37.4 Å². The van der Waals surface area contributed by atoms with Gasteiger partial charge in [0.2, 0.25) is 0 Å². The van der Waals surface area contributed by atoms with Crippen LogP contribution in [0.15, 0.2) is 48.5 Å². The molecule has 0 aliphatic carbocycles. The topological polar surface area (TPSA) is 67.6 Å². The van der Waals surface area contributed by atoms with Gasteiger partial charge in [0, 0.05) is 30.9 Å². The number of nitrogens with zero attached hydrogens (tertiary/aromatic N) is 1. The molecule has 3 rings (SSSR count). The van der Waals surface area contributed by atoms with E-state index in [1.807, 2.05) is 18.2 Å². The van der Waals surface area contributed by atoms with Gasteiger partial charge in [0.1, 0.15) is 5.75 Å². The minimum Gasteiger partial charge on any atom is -0.495 e. The van der Waals surface area contributed by atoms with E-state index in [9.17, 15) is 4.79 Å². The van der Waals surface area contributed by atoms with Crippen LogP contribution in [0.4, 0.5) is 11.4 Å². The Morgan fingerprint density at radius 1 is 1.23 bits per heavy atom. The maximum Gasteiger partial charge on any atom is 0.251 e. The molecule has 5 nitrogen and oxygen atoms in total. The van der Waals surface area contributed by atoms with E-state index in [0.717, 1.165) is 30.9 Å². The lowest BCUT2D eigenvalue weighted by atomic mass is 10.1. The first-order chi connectivity index (χ1) is 11.7. The molecule has 7 heteroatoms. The highest BCUT2D eigenvalue weighted by Gasteiger charge is 2.24. The number of methoxy groups -OCH3 is 1. The molecule has 0 radical (unpaired) electrons. The van der Waals surface area contributed by atoms with E-state index in [1.54, 1.807) is 31.4 Å². The van der Waals surface area contributed by atoms with E-state index in [1.165, 1.54) is 0 Å². The average molecular weight is 398 g/mol. The average Bonchev–Trinajstić information content (AvgIpc) is 3.08. The molecular weight excluding hydrogens is 373 g/mol. The normalized spacial score (nSPS) is 15.6. The Bertz CT molecular complexity index is 727. The van der Waals surface area contributed by atoms with Crippen molar-refractivity contribution in [2.24, 2.45) is 5.92 Å². The molecule has 1 aliphatic heterocycles. The zero-order chi connectivity index (χ0) is 16.9. The second kappa shape index (κ2) is 10.1. The molecule has 1 heterocycles. The molecule has 0 aromatic heterocycles. The van der Waals surface area contributed by atoms with Gasteiger partial charge >= 0.3 is 0 Å². The summed E-state index contributed by atoms with van der Waals surface area (Å²) in [4.78, 5) is 14.5. The molecule has 0 spiro atoms. The fourth-order valence-electron chi connectivity index (χ4n) is 3.13. The van der Waals surface area contributed by atoms with Gasteiger partial charge in [-0.25, -0.2) is 0 Å². The first kappa shape index (κ1) is 21.9. The van der Waals surface area contributed by atoms with E-state index in [0.29, 0.717) is 23.7 Å². The van der Waals surface area contributed by atoms with Crippen LogP contribution in [0.1, 0.15) is 16.8 Å². The second-order valence-electron chi connectivity index (χ2n) is 6.11. The van der Waals surface area contributed by atoms with E-state index in [2.05, 4.69) is 16.3 Å². The van der Waals surface area contributed by atoms with Crippen molar-refractivity contribution in [3.63, 3.8) is 0 Å². The lowest BCUT2D eigenvalue weighted by Gasteiger charge is -2.21. The number of carbonyl (C=O) groups is 1. The number of ether oxygens (including phenoxy) is 1. The Labute approximate surface area is 166 Å². The predicted octanol–water partition coefficient (Wildman–Crippen LogP) is 3.38. The summed E-state index contributed by atoms with van der Waals surface area (Å²) in [5.41, 5.74) is 8.05. The maximum absolute atomic E-state index is 12.2. The quantitative estimate of drug-likeness (QED) is 0.758. The fourth-order valence-corrected chi connectivity index (χ4v) is 3.13. The zero-order valence-corrected chi connectivity index (χ0v) is 16.3. The van der Waals surface area contributed by atoms with Gasteiger partial charge in [-0.15, -0.1) is 24.8 Å². The Balaban J connectivity index is 0.00000169. The van der Waals surface area contributed by atoms with Gasteiger partial charge in [-0.2, -0.15) is 0 Å². The van der Waals surface area contributed by atoms with Crippen LogP contribution in [0, 0.1) is 5.92 Å². The Morgan fingerprint density at radius 3 is 2.73 bits per heavy atom. The summed E-state index contributed by atoms with van der Waals surface area (Å²) in [6.07, 6.45) is 1.05. The summed E-state index contributed by atoms with van der Waals surface area (Å²) < 4.78 is 5.44. The summed E-state index contributed by atoms with van der Waals surface area (Å²) in [7, 11) is 1.69. The first-order valence-electron chi connectivity index (χ1n) is 8.19. The number of nitrogens with one attached hydrogen (secondary N) is 1. The van der Waals surface area contributed by atoms with E-state index in [4.69, 9.17) is 10.5 Å². The van der Waals surface area contributed by atoms with Crippen molar-refractivity contribution in [1.29, 1.82) is 0 Å². The van der Waals surface area contributed by atoms with Crippen LogP contribution in [0.2, 0.25) is 0 Å². The van der Waals surface area contributed by atoms with Crippen LogP contribution in [0.3, 0.4) is 0 Å². The van der Waals surface area contributed by atoms with Gasteiger partial charge in [-0.3, -0.25) is 4.79 Å². The summed E-state index contributed by atoms with van der Waals surface area (Å²) in [6.45, 7) is 2.55. The lowest BCUT2D eigenvalue weighted by Crippen LogP contribution is -2.31. The summed E-state index contributed by atoms with van der Waals surface area (Å²) in [5, 5.41) is 3.02. The molecular formula is C19H25Cl2N3O2. The molecule has 142 valence electrons. The molecule has 0 bridgehead atoms. The molecule has 26 heavy (non-hydrogen) atoms. The number of nitrogen functional groups attached to an aromatic ring is 1. The highest BCUT2D eigenvalue weighted by Crippen LogP contribution is 2.31. The van der Waals surface area contributed by atoms with Gasteiger partial charge in [0.15, 0.2) is 0 Å². The smallest absolute Gasteiger partial charge is 0.251 e. The minimum atomic E-state index is -0.0713. The standard InChI is InChI=1S/C19H23N3O2.2ClH/c1-24-18-8-3-2-7-17(18)22-10-9-14(13-22)12-21-19(23)15-5-4-6-16(20)11-15;;/h2-8,11,14H,9-10,12-13,20H2,1H3,(H,21,23);2*1H. The number of anilines is 2. The van der Waals surface area contributed by atoms with Gasteiger partial charge < -0.3 is 20.7 Å². The largest absolute Gasteiger partial charge is 0.495 e. The number of carbonyl (C=O) groups excluding carboxylic acids is 1. The number of rotatable bonds is 5.